The fourth-order valence-corrected chi connectivity index (χ4v) is 1.55. The van der Waals surface area contributed by atoms with Crippen molar-refractivity contribution in [2.45, 2.75) is 0 Å². The molecule has 0 aromatic carbocycles. The summed E-state index contributed by atoms with van der Waals surface area (Å²) in [4.78, 5) is 0. The molecule has 0 saturated carbocycles. The van der Waals surface area contributed by atoms with E-state index in [1.165, 1.54) is 0 Å². The molecule has 0 aliphatic carbocycles. The molecule has 51 valence electrons. The molecule has 0 spiro atoms. The van der Waals surface area contributed by atoms with Gasteiger partial charge in [-0.3, -0.25) is 0 Å². The quantitative estimate of drug-likeness (QED) is 0.432. The predicted octanol–water partition coefficient (Wildman–Crippen LogP) is 2.94. The van der Waals surface area contributed by atoms with Gasteiger partial charge >= 0.3 is 0 Å². The highest BCUT2D eigenvalue weighted by Gasteiger charge is 1.83. The zero-order valence-electron chi connectivity index (χ0n) is 5.38. The molecule has 0 fully saturated rings. The fraction of sp³-hybridized carbons (Fsp3) is 0.286. The Bertz CT molecular complexity index is 69.0. The molecule has 0 aliphatic heterocycles. The van der Waals surface area contributed by atoms with E-state index in [0.29, 0.717) is 0 Å². The maximum atomic E-state index is 3.61. The van der Waals surface area contributed by atoms with Gasteiger partial charge in [0.05, 0.1) is 5.08 Å². The van der Waals surface area contributed by atoms with E-state index in [0.717, 1.165) is 11.5 Å². The Hall–Kier alpha value is 0.180. The van der Waals surface area contributed by atoms with Crippen molar-refractivity contribution in [1.82, 2.24) is 0 Å². The summed E-state index contributed by atoms with van der Waals surface area (Å²) in [5, 5.41) is 2.11. The fourth-order valence-electron chi connectivity index (χ4n) is 0.263. The van der Waals surface area contributed by atoms with Crippen molar-refractivity contribution in [3.63, 3.8) is 0 Å². The van der Waals surface area contributed by atoms with Gasteiger partial charge in [0.15, 0.2) is 0 Å². The van der Waals surface area contributed by atoms with E-state index in [2.05, 4.69) is 18.2 Å². The third-order valence-corrected chi connectivity index (χ3v) is 2.51. The zero-order chi connectivity index (χ0) is 6.95. The minimum absolute atomic E-state index is 1.00. The molecule has 0 saturated heterocycles. The molecular formula is C7H11S2. The normalized spacial score (nSPS) is 8.89. The van der Waals surface area contributed by atoms with Gasteiger partial charge in [0.25, 0.3) is 0 Å². The van der Waals surface area contributed by atoms with Crippen LogP contribution in [0.5, 0.6) is 0 Å². The van der Waals surface area contributed by atoms with Gasteiger partial charge < -0.3 is 0 Å². The summed E-state index contributed by atoms with van der Waals surface area (Å²) >= 11 is 3.53. The minimum Gasteiger partial charge on any atom is -0.141 e. The third kappa shape index (κ3) is 8.18. The first kappa shape index (κ1) is 9.18. The summed E-state index contributed by atoms with van der Waals surface area (Å²) in [7, 11) is 0. The smallest absolute Gasteiger partial charge is 0.0718 e. The molecule has 0 rings (SSSR count). The number of rotatable bonds is 6. The summed E-state index contributed by atoms with van der Waals surface area (Å²) in [6, 6.07) is 0. The molecular weight excluding hydrogens is 148 g/mol. The van der Waals surface area contributed by atoms with Gasteiger partial charge in [-0.1, -0.05) is 12.2 Å². The lowest BCUT2D eigenvalue weighted by atomic mass is 10.8. The molecule has 0 heterocycles. The van der Waals surface area contributed by atoms with Crippen LogP contribution < -0.4 is 0 Å². The highest BCUT2D eigenvalue weighted by molar-refractivity contribution is 8.19. The highest BCUT2D eigenvalue weighted by Crippen LogP contribution is 2.17. The maximum Gasteiger partial charge on any atom is 0.0718 e. The van der Waals surface area contributed by atoms with E-state index in [1.807, 2.05) is 12.2 Å². The lowest BCUT2D eigenvalue weighted by Gasteiger charge is -1.92. The zero-order valence-corrected chi connectivity index (χ0v) is 7.01. The van der Waals surface area contributed by atoms with E-state index >= 15 is 0 Å². The second kappa shape index (κ2) is 8.18. The number of hydrogen-bond acceptors (Lipinski definition) is 2. The summed E-state index contributed by atoms with van der Waals surface area (Å²) < 4.78 is 0. The Labute approximate surface area is 65.8 Å². The molecule has 2 heteroatoms. The van der Waals surface area contributed by atoms with Crippen LogP contribution in [0, 0.1) is 5.08 Å². The third-order valence-electron chi connectivity index (χ3n) is 0.564. The van der Waals surface area contributed by atoms with Crippen molar-refractivity contribution in [2.24, 2.45) is 0 Å². The molecule has 0 amide bonds. The number of hydrogen-bond donors (Lipinski definition) is 0. The van der Waals surface area contributed by atoms with Crippen molar-refractivity contribution >= 4 is 23.5 Å². The van der Waals surface area contributed by atoms with Crippen LogP contribution >= 0.6 is 23.5 Å². The molecule has 0 aliphatic rings. The minimum atomic E-state index is 1.00. The topological polar surface area (TPSA) is 0 Å². The van der Waals surface area contributed by atoms with Crippen molar-refractivity contribution in [3.8, 4) is 0 Å². The Balaban J connectivity index is 2.74. The second-order valence-electron chi connectivity index (χ2n) is 1.34. The molecule has 0 atom stereocenters. The van der Waals surface area contributed by atoms with Gasteiger partial charge in [-0.15, -0.1) is 36.7 Å². The summed E-state index contributed by atoms with van der Waals surface area (Å²) in [6.45, 7) is 7.22. The van der Waals surface area contributed by atoms with E-state index in [4.69, 9.17) is 0 Å². The Morgan fingerprint density at radius 2 is 1.44 bits per heavy atom. The molecule has 0 unspecified atom stereocenters. The van der Waals surface area contributed by atoms with Crippen molar-refractivity contribution in [1.29, 1.82) is 0 Å². The van der Waals surface area contributed by atoms with Gasteiger partial charge in [-0.05, 0) is 0 Å². The first-order chi connectivity index (χ1) is 4.41. The Kier molecular flexibility index (Phi) is 8.34. The first-order valence-electron chi connectivity index (χ1n) is 2.68. The monoisotopic (exact) mass is 159 g/mol. The average molecular weight is 159 g/mol. The van der Waals surface area contributed by atoms with E-state index in [1.54, 1.807) is 23.5 Å². The van der Waals surface area contributed by atoms with Crippen molar-refractivity contribution < 1.29 is 0 Å². The van der Waals surface area contributed by atoms with E-state index in [9.17, 15) is 0 Å². The van der Waals surface area contributed by atoms with Crippen LogP contribution in [0.2, 0.25) is 0 Å². The lowest BCUT2D eigenvalue weighted by Crippen LogP contribution is -1.68. The van der Waals surface area contributed by atoms with Gasteiger partial charge in [0, 0.05) is 11.5 Å². The Morgan fingerprint density at radius 3 is 1.78 bits per heavy atom. The summed E-state index contributed by atoms with van der Waals surface area (Å²) in [5.74, 6) is 2.01. The van der Waals surface area contributed by atoms with Crippen LogP contribution in [-0.4, -0.2) is 11.5 Å². The largest absolute Gasteiger partial charge is 0.141 e. The molecule has 0 aromatic rings. The van der Waals surface area contributed by atoms with Gasteiger partial charge in [-0.25, -0.2) is 0 Å². The van der Waals surface area contributed by atoms with Crippen molar-refractivity contribution in [3.05, 3.63) is 30.4 Å². The average Bonchev–Trinajstić information content (AvgIpc) is 1.89. The van der Waals surface area contributed by atoms with E-state index < -0.39 is 0 Å². The predicted molar refractivity (Wildman–Crippen MR) is 49.6 cm³/mol. The molecule has 0 nitrogen and oxygen atoms in total. The van der Waals surface area contributed by atoms with Gasteiger partial charge in [0.2, 0.25) is 0 Å². The first-order valence-corrected chi connectivity index (χ1v) is 4.78. The highest BCUT2D eigenvalue weighted by atomic mass is 32.2. The molecule has 9 heavy (non-hydrogen) atoms. The van der Waals surface area contributed by atoms with E-state index in [-0.39, 0.29) is 0 Å². The number of thioether (sulfide) groups is 2. The molecule has 0 bridgehead atoms. The standard InChI is InChI=1S/C7H11S2/c1-3-5-8-7-9-6-4-2/h3-4,7H,1-2,5-6H2. The Morgan fingerprint density at radius 1 is 1.00 bits per heavy atom. The van der Waals surface area contributed by atoms with Crippen LogP contribution in [-0.2, 0) is 0 Å². The van der Waals surface area contributed by atoms with Gasteiger partial charge in [-0.2, -0.15) is 0 Å². The molecule has 0 N–H and O–H groups in total. The summed E-state index contributed by atoms with van der Waals surface area (Å²) in [6.07, 6.45) is 3.80. The SMILES string of the molecule is C=CCS[CH]SCC=C. The summed E-state index contributed by atoms with van der Waals surface area (Å²) in [5.41, 5.74) is 0. The second-order valence-corrected chi connectivity index (χ2v) is 3.44. The van der Waals surface area contributed by atoms with Crippen LogP contribution in [0.25, 0.3) is 0 Å². The maximum absolute atomic E-state index is 3.61. The van der Waals surface area contributed by atoms with Gasteiger partial charge in [0.1, 0.15) is 0 Å². The van der Waals surface area contributed by atoms with Crippen molar-refractivity contribution in [2.75, 3.05) is 11.5 Å². The lowest BCUT2D eigenvalue weighted by molar-refractivity contribution is 1.81. The van der Waals surface area contributed by atoms with Crippen LogP contribution in [0.4, 0.5) is 0 Å². The van der Waals surface area contributed by atoms with Crippen LogP contribution in [0.1, 0.15) is 0 Å². The molecule has 1 radical (unpaired) electrons. The van der Waals surface area contributed by atoms with Crippen LogP contribution in [0.3, 0.4) is 0 Å². The van der Waals surface area contributed by atoms with Crippen LogP contribution in [0.15, 0.2) is 25.3 Å². The molecule has 0 aromatic heterocycles.